The van der Waals surface area contributed by atoms with Gasteiger partial charge in [0.2, 0.25) is 0 Å². The summed E-state index contributed by atoms with van der Waals surface area (Å²) in [6, 6.07) is 14.6. The number of aromatic nitrogens is 1. The molecule has 0 aliphatic rings. The monoisotopic (exact) mass is 268 g/mol. The van der Waals surface area contributed by atoms with Crippen molar-refractivity contribution < 1.29 is 0 Å². The lowest BCUT2D eigenvalue weighted by Gasteiger charge is -2.29. The minimum absolute atomic E-state index is 0.323. The first-order valence-corrected chi connectivity index (χ1v) is 7.46. The van der Waals surface area contributed by atoms with Gasteiger partial charge in [-0.3, -0.25) is 4.98 Å². The van der Waals surface area contributed by atoms with Crippen LogP contribution in [0.4, 0.5) is 0 Å². The Hall–Kier alpha value is -1.67. The van der Waals surface area contributed by atoms with E-state index in [2.05, 4.69) is 55.2 Å². The summed E-state index contributed by atoms with van der Waals surface area (Å²) in [4.78, 5) is 4.56. The first-order chi connectivity index (χ1) is 9.68. The van der Waals surface area contributed by atoms with Gasteiger partial charge in [-0.1, -0.05) is 56.7 Å². The lowest BCUT2D eigenvalue weighted by Crippen LogP contribution is -2.39. The van der Waals surface area contributed by atoms with E-state index in [4.69, 9.17) is 5.73 Å². The molecule has 2 rings (SSSR count). The summed E-state index contributed by atoms with van der Waals surface area (Å²) in [6.07, 6.45) is 5.81. The van der Waals surface area contributed by atoms with Gasteiger partial charge in [0.1, 0.15) is 0 Å². The molecule has 0 amide bonds. The Kier molecular flexibility index (Phi) is 4.91. The molecular weight excluding hydrogens is 244 g/mol. The van der Waals surface area contributed by atoms with Crippen LogP contribution in [-0.4, -0.2) is 4.98 Å². The first-order valence-electron chi connectivity index (χ1n) is 7.46. The molecule has 0 saturated heterocycles. The van der Waals surface area contributed by atoms with Gasteiger partial charge in [0.15, 0.2) is 0 Å². The first kappa shape index (κ1) is 14.7. The van der Waals surface area contributed by atoms with Crippen LogP contribution in [0.1, 0.15) is 43.5 Å². The Morgan fingerprint density at radius 2 is 1.80 bits per heavy atom. The molecule has 0 bridgehead atoms. The van der Waals surface area contributed by atoms with Crippen molar-refractivity contribution in [3.05, 3.63) is 65.5 Å². The van der Waals surface area contributed by atoms with E-state index in [-0.39, 0.29) is 5.54 Å². The third-order valence-corrected chi connectivity index (χ3v) is 3.84. The van der Waals surface area contributed by atoms with Crippen LogP contribution in [0.15, 0.2) is 48.7 Å². The number of benzene rings is 1. The number of hydrogen-bond acceptors (Lipinski definition) is 2. The number of nitrogens with two attached hydrogens (primary N) is 1. The molecule has 2 N–H and O–H groups in total. The van der Waals surface area contributed by atoms with Gasteiger partial charge < -0.3 is 5.73 Å². The average molecular weight is 268 g/mol. The molecule has 1 unspecified atom stereocenters. The highest BCUT2D eigenvalue weighted by molar-refractivity contribution is 5.27. The second-order valence-corrected chi connectivity index (χ2v) is 5.46. The Bertz CT molecular complexity index is 519. The Labute approximate surface area is 122 Å². The molecule has 1 atom stereocenters. The number of nitrogens with zero attached hydrogens (tertiary/aromatic N) is 1. The molecule has 1 heterocycles. The van der Waals surface area contributed by atoms with Crippen molar-refractivity contribution in [3.8, 4) is 0 Å². The second kappa shape index (κ2) is 6.67. The van der Waals surface area contributed by atoms with Crippen molar-refractivity contribution in [2.24, 2.45) is 5.73 Å². The summed E-state index contributed by atoms with van der Waals surface area (Å²) in [5.41, 5.74) is 9.91. The van der Waals surface area contributed by atoms with E-state index >= 15 is 0 Å². The van der Waals surface area contributed by atoms with Crippen LogP contribution in [0, 0.1) is 0 Å². The SMILES string of the molecule is CCCC(N)(Cc1ccc(CC)cn1)c1ccccc1. The zero-order chi connectivity index (χ0) is 14.4. The van der Waals surface area contributed by atoms with Crippen LogP contribution in [0.2, 0.25) is 0 Å². The van der Waals surface area contributed by atoms with E-state index in [1.807, 2.05) is 12.3 Å². The molecule has 1 aromatic heterocycles. The van der Waals surface area contributed by atoms with Gasteiger partial charge in [-0.2, -0.15) is 0 Å². The summed E-state index contributed by atoms with van der Waals surface area (Å²) >= 11 is 0. The summed E-state index contributed by atoms with van der Waals surface area (Å²) in [5.74, 6) is 0. The molecular formula is C18H24N2. The highest BCUT2D eigenvalue weighted by Crippen LogP contribution is 2.27. The van der Waals surface area contributed by atoms with Crippen LogP contribution in [0.25, 0.3) is 0 Å². The highest BCUT2D eigenvalue weighted by atomic mass is 14.8. The van der Waals surface area contributed by atoms with Crippen LogP contribution >= 0.6 is 0 Å². The van der Waals surface area contributed by atoms with E-state index in [0.29, 0.717) is 0 Å². The van der Waals surface area contributed by atoms with E-state index in [1.165, 1.54) is 11.1 Å². The Morgan fingerprint density at radius 1 is 1.05 bits per heavy atom. The maximum atomic E-state index is 6.69. The molecule has 0 fully saturated rings. The van der Waals surface area contributed by atoms with Gasteiger partial charge in [-0.05, 0) is 30.0 Å². The summed E-state index contributed by atoms with van der Waals surface area (Å²) < 4.78 is 0. The lowest BCUT2D eigenvalue weighted by atomic mass is 9.82. The molecule has 2 nitrogen and oxygen atoms in total. The maximum Gasteiger partial charge on any atom is 0.0465 e. The number of aryl methyl sites for hydroxylation is 1. The highest BCUT2D eigenvalue weighted by Gasteiger charge is 2.27. The van der Waals surface area contributed by atoms with Crippen LogP contribution in [-0.2, 0) is 18.4 Å². The second-order valence-electron chi connectivity index (χ2n) is 5.46. The minimum atomic E-state index is -0.323. The molecule has 0 aliphatic carbocycles. The molecule has 20 heavy (non-hydrogen) atoms. The average Bonchev–Trinajstić information content (AvgIpc) is 2.49. The predicted octanol–water partition coefficient (Wildman–Crippen LogP) is 3.84. The van der Waals surface area contributed by atoms with Crippen molar-refractivity contribution in [1.82, 2.24) is 4.98 Å². The molecule has 0 radical (unpaired) electrons. The van der Waals surface area contributed by atoms with Crippen molar-refractivity contribution in [3.63, 3.8) is 0 Å². The fourth-order valence-corrected chi connectivity index (χ4v) is 2.64. The molecule has 2 aromatic rings. The summed E-state index contributed by atoms with van der Waals surface area (Å²) in [6.45, 7) is 4.32. The van der Waals surface area contributed by atoms with E-state index < -0.39 is 0 Å². The summed E-state index contributed by atoms with van der Waals surface area (Å²) in [5, 5.41) is 0. The molecule has 0 aliphatic heterocycles. The third kappa shape index (κ3) is 3.45. The zero-order valence-electron chi connectivity index (χ0n) is 12.5. The fraction of sp³-hybridized carbons (Fsp3) is 0.389. The van der Waals surface area contributed by atoms with Crippen molar-refractivity contribution >= 4 is 0 Å². The van der Waals surface area contributed by atoms with Gasteiger partial charge in [0.05, 0.1) is 0 Å². The molecule has 0 saturated carbocycles. The van der Waals surface area contributed by atoms with Crippen molar-refractivity contribution in [2.75, 3.05) is 0 Å². The minimum Gasteiger partial charge on any atom is -0.321 e. The molecule has 0 spiro atoms. The summed E-state index contributed by atoms with van der Waals surface area (Å²) in [7, 11) is 0. The van der Waals surface area contributed by atoms with Gasteiger partial charge in [-0.25, -0.2) is 0 Å². The predicted molar refractivity (Wildman–Crippen MR) is 84.5 cm³/mol. The van der Waals surface area contributed by atoms with Crippen molar-refractivity contribution in [1.29, 1.82) is 0 Å². The molecule has 1 aromatic carbocycles. The van der Waals surface area contributed by atoms with Crippen LogP contribution < -0.4 is 5.73 Å². The van der Waals surface area contributed by atoms with E-state index in [1.54, 1.807) is 0 Å². The molecule has 106 valence electrons. The normalized spacial score (nSPS) is 13.9. The van der Waals surface area contributed by atoms with Gasteiger partial charge in [0, 0.05) is 23.9 Å². The Balaban J connectivity index is 2.24. The Morgan fingerprint density at radius 3 is 2.35 bits per heavy atom. The number of rotatable bonds is 6. The molecule has 2 heteroatoms. The van der Waals surface area contributed by atoms with Crippen LogP contribution in [0.5, 0.6) is 0 Å². The topological polar surface area (TPSA) is 38.9 Å². The van der Waals surface area contributed by atoms with E-state index in [9.17, 15) is 0 Å². The smallest absolute Gasteiger partial charge is 0.0465 e. The van der Waals surface area contributed by atoms with Gasteiger partial charge >= 0.3 is 0 Å². The maximum absolute atomic E-state index is 6.69. The zero-order valence-corrected chi connectivity index (χ0v) is 12.5. The standard InChI is InChI=1S/C18H24N2/c1-3-12-18(19,16-8-6-5-7-9-16)13-17-11-10-15(4-2)14-20-17/h5-11,14H,3-4,12-13,19H2,1-2H3. The quantitative estimate of drug-likeness (QED) is 0.864. The largest absolute Gasteiger partial charge is 0.321 e. The van der Waals surface area contributed by atoms with Gasteiger partial charge in [0.25, 0.3) is 0 Å². The number of hydrogen-bond donors (Lipinski definition) is 1. The van der Waals surface area contributed by atoms with Crippen LogP contribution in [0.3, 0.4) is 0 Å². The van der Waals surface area contributed by atoms with Gasteiger partial charge in [-0.15, -0.1) is 0 Å². The number of pyridine rings is 1. The van der Waals surface area contributed by atoms with E-state index in [0.717, 1.165) is 31.4 Å². The third-order valence-electron chi connectivity index (χ3n) is 3.84. The van der Waals surface area contributed by atoms with Crippen molar-refractivity contribution in [2.45, 2.75) is 45.1 Å². The fourth-order valence-electron chi connectivity index (χ4n) is 2.64. The lowest BCUT2D eigenvalue weighted by molar-refractivity contribution is 0.397.